The zero-order chi connectivity index (χ0) is 19.0. The van der Waals surface area contributed by atoms with Gasteiger partial charge in [-0.15, -0.1) is 11.8 Å². The zero-order valence-corrected chi connectivity index (χ0v) is 16.3. The largest absolute Gasteiger partial charge is 0.454 e. The number of nitrogens with one attached hydrogen (secondary N) is 1. The first kappa shape index (κ1) is 18.2. The first-order valence-corrected chi connectivity index (χ1v) is 10.1. The van der Waals surface area contributed by atoms with E-state index in [4.69, 9.17) is 16.3 Å². The lowest BCUT2D eigenvalue weighted by molar-refractivity contribution is -0.135. The SMILES string of the molecule is CC12CCC(=O)N1C(C(=O)Nc1ccccc1Oc1ccccc1Cl)CS2. The van der Waals surface area contributed by atoms with E-state index in [2.05, 4.69) is 5.32 Å². The zero-order valence-electron chi connectivity index (χ0n) is 14.8. The molecule has 2 fully saturated rings. The molecule has 0 aliphatic carbocycles. The van der Waals surface area contributed by atoms with Crippen molar-refractivity contribution in [2.45, 2.75) is 30.7 Å². The molecule has 2 aliphatic rings. The number of carbonyl (C=O) groups is 2. The molecule has 0 saturated carbocycles. The number of para-hydroxylation sites is 3. The van der Waals surface area contributed by atoms with Crippen molar-refractivity contribution in [1.29, 1.82) is 0 Å². The van der Waals surface area contributed by atoms with Crippen molar-refractivity contribution in [1.82, 2.24) is 4.90 Å². The summed E-state index contributed by atoms with van der Waals surface area (Å²) >= 11 is 7.84. The average Bonchev–Trinajstić information content (AvgIpc) is 3.15. The van der Waals surface area contributed by atoms with Gasteiger partial charge >= 0.3 is 0 Å². The van der Waals surface area contributed by atoms with Crippen molar-refractivity contribution in [3.8, 4) is 11.5 Å². The topological polar surface area (TPSA) is 58.6 Å². The third-order valence-electron chi connectivity index (χ3n) is 4.95. The van der Waals surface area contributed by atoms with Gasteiger partial charge in [0.25, 0.3) is 0 Å². The number of halogens is 1. The highest BCUT2D eigenvalue weighted by atomic mass is 35.5. The summed E-state index contributed by atoms with van der Waals surface area (Å²) in [6.45, 7) is 2.03. The summed E-state index contributed by atoms with van der Waals surface area (Å²) in [6.07, 6.45) is 1.28. The van der Waals surface area contributed by atoms with E-state index in [-0.39, 0.29) is 16.7 Å². The van der Waals surface area contributed by atoms with Gasteiger partial charge in [0.2, 0.25) is 11.8 Å². The van der Waals surface area contributed by atoms with Crippen LogP contribution < -0.4 is 10.1 Å². The van der Waals surface area contributed by atoms with Crippen molar-refractivity contribution in [3.63, 3.8) is 0 Å². The maximum atomic E-state index is 12.9. The minimum absolute atomic E-state index is 0.0447. The van der Waals surface area contributed by atoms with E-state index in [1.165, 1.54) is 0 Å². The predicted molar refractivity (Wildman–Crippen MR) is 107 cm³/mol. The highest BCUT2D eigenvalue weighted by Gasteiger charge is 2.52. The van der Waals surface area contributed by atoms with E-state index in [1.807, 2.05) is 31.2 Å². The number of anilines is 1. The number of ether oxygens (including phenoxy) is 1. The van der Waals surface area contributed by atoms with Gasteiger partial charge in [0.05, 0.1) is 15.6 Å². The van der Waals surface area contributed by atoms with Crippen molar-refractivity contribution in [3.05, 3.63) is 53.6 Å². The van der Waals surface area contributed by atoms with Crippen molar-refractivity contribution in [2.24, 2.45) is 0 Å². The highest BCUT2D eigenvalue weighted by Crippen LogP contribution is 2.47. The molecule has 2 saturated heterocycles. The van der Waals surface area contributed by atoms with Crippen molar-refractivity contribution in [2.75, 3.05) is 11.1 Å². The third-order valence-corrected chi connectivity index (χ3v) is 6.77. The Labute approximate surface area is 167 Å². The van der Waals surface area contributed by atoms with Gasteiger partial charge in [-0.1, -0.05) is 35.9 Å². The van der Waals surface area contributed by atoms with Gasteiger partial charge in [-0.2, -0.15) is 0 Å². The van der Waals surface area contributed by atoms with Crippen LogP contribution in [0.25, 0.3) is 0 Å². The smallest absolute Gasteiger partial charge is 0.248 e. The van der Waals surface area contributed by atoms with Crippen LogP contribution >= 0.6 is 23.4 Å². The molecule has 2 aromatic carbocycles. The van der Waals surface area contributed by atoms with E-state index < -0.39 is 6.04 Å². The normalized spacial score (nSPS) is 24.0. The van der Waals surface area contributed by atoms with E-state index >= 15 is 0 Å². The Morgan fingerprint density at radius 2 is 1.93 bits per heavy atom. The number of nitrogens with zero attached hydrogens (tertiary/aromatic N) is 1. The van der Waals surface area contributed by atoms with E-state index in [0.717, 1.165) is 6.42 Å². The van der Waals surface area contributed by atoms with Crippen LogP contribution in [-0.4, -0.2) is 33.4 Å². The molecule has 2 aromatic rings. The maximum absolute atomic E-state index is 12.9. The Bertz CT molecular complexity index is 906. The Balaban J connectivity index is 1.54. The Morgan fingerprint density at radius 1 is 1.22 bits per heavy atom. The second-order valence-corrected chi connectivity index (χ2v) is 8.69. The highest BCUT2D eigenvalue weighted by molar-refractivity contribution is 8.01. The molecule has 7 heteroatoms. The number of amides is 2. The van der Waals surface area contributed by atoms with Crippen molar-refractivity contribution < 1.29 is 14.3 Å². The molecular formula is C20H19ClN2O3S. The van der Waals surface area contributed by atoms with Crippen LogP contribution in [0.5, 0.6) is 11.5 Å². The molecule has 2 aliphatic heterocycles. The number of rotatable bonds is 4. The van der Waals surface area contributed by atoms with Gasteiger partial charge in [-0.05, 0) is 37.6 Å². The van der Waals surface area contributed by atoms with E-state index in [0.29, 0.717) is 34.4 Å². The fourth-order valence-electron chi connectivity index (χ4n) is 3.54. The molecule has 5 nitrogen and oxygen atoms in total. The lowest BCUT2D eigenvalue weighted by Crippen LogP contribution is -2.48. The fraction of sp³-hybridized carbons (Fsp3) is 0.300. The van der Waals surface area contributed by atoms with E-state index in [9.17, 15) is 9.59 Å². The number of fused-ring (bicyclic) bond motifs is 1. The van der Waals surface area contributed by atoms with Crippen LogP contribution in [0.1, 0.15) is 19.8 Å². The van der Waals surface area contributed by atoms with Crippen LogP contribution in [0.15, 0.2) is 48.5 Å². The maximum Gasteiger partial charge on any atom is 0.248 e. The predicted octanol–water partition coefficient (Wildman–Crippen LogP) is 4.52. The molecule has 2 unspecified atom stereocenters. The second-order valence-electron chi connectivity index (χ2n) is 6.78. The van der Waals surface area contributed by atoms with Gasteiger partial charge in [-0.25, -0.2) is 0 Å². The molecule has 2 amide bonds. The Kier molecular flexibility index (Phi) is 4.78. The molecule has 2 heterocycles. The number of thioether (sulfide) groups is 1. The summed E-state index contributed by atoms with van der Waals surface area (Å²) in [4.78, 5) is 26.7. The summed E-state index contributed by atoms with van der Waals surface area (Å²) in [7, 11) is 0. The molecule has 0 aromatic heterocycles. The number of hydrogen-bond acceptors (Lipinski definition) is 4. The molecule has 4 rings (SSSR count). The number of carbonyl (C=O) groups excluding carboxylic acids is 2. The lowest BCUT2D eigenvalue weighted by Gasteiger charge is -2.30. The molecule has 27 heavy (non-hydrogen) atoms. The van der Waals surface area contributed by atoms with Gasteiger partial charge in [0, 0.05) is 12.2 Å². The molecule has 140 valence electrons. The quantitative estimate of drug-likeness (QED) is 0.816. The Hall–Kier alpha value is -2.18. The fourth-order valence-corrected chi connectivity index (χ4v) is 5.14. The first-order valence-electron chi connectivity index (χ1n) is 8.76. The molecule has 2 atom stereocenters. The van der Waals surface area contributed by atoms with Crippen LogP contribution in [0.2, 0.25) is 5.02 Å². The van der Waals surface area contributed by atoms with Crippen LogP contribution in [-0.2, 0) is 9.59 Å². The molecule has 0 spiro atoms. The van der Waals surface area contributed by atoms with E-state index in [1.54, 1.807) is 40.9 Å². The second kappa shape index (κ2) is 7.09. The molecule has 0 radical (unpaired) electrons. The van der Waals surface area contributed by atoms with Crippen LogP contribution in [0, 0.1) is 0 Å². The summed E-state index contributed by atoms with van der Waals surface area (Å²) in [6, 6.07) is 13.9. The van der Waals surface area contributed by atoms with Gasteiger partial charge in [-0.3, -0.25) is 9.59 Å². The van der Waals surface area contributed by atoms with Gasteiger partial charge in [0.15, 0.2) is 5.75 Å². The van der Waals surface area contributed by atoms with Crippen LogP contribution in [0.4, 0.5) is 5.69 Å². The molecule has 1 N–H and O–H groups in total. The average molecular weight is 403 g/mol. The monoisotopic (exact) mass is 402 g/mol. The minimum atomic E-state index is -0.469. The number of benzene rings is 2. The standard InChI is InChI=1S/C20H19ClN2O3S/c1-20-11-10-18(24)23(20)15(12-27-20)19(25)22-14-7-3-5-9-17(14)26-16-8-4-2-6-13(16)21/h2-9,15H,10-12H2,1H3,(H,22,25). The minimum Gasteiger partial charge on any atom is -0.454 e. The molecule has 0 bridgehead atoms. The summed E-state index contributed by atoms with van der Waals surface area (Å²) in [5.41, 5.74) is 0.549. The van der Waals surface area contributed by atoms with Gasteiger partial charge < -0.3 is 15.0 Å². The van der Waals surface area contributed by atoms with Crippen LogP contribution in [0.3, 0.4) is 0 Å². The summed E-state index contributed by atoms with van der Waals surface area (Å²) in [5.74, 6) is 1.46. The summed E-state index contributed by atoms with van der Waals surface area (Å²) in [5, 5.41) is 3.42. The third kappa shape index (κ3) is 3.39. The van der Waals surface area contributed by atoms with Gasteiger partial charge in [0.1, 0.15) is 11.8 Å². The Morgan fingerprint density at radius 3 is 2.70 bits per heavy atom. The molecular weight excluding hydrogens is 384 g/mol. The number of hydrogen-bond donors (Lipinski definition) is 1. The van der Waals surface area contributed by atoms with Crippen molar-refractivity contribution >= 4 is 40.9 Å². The first-order chi connectivity index (χ1) is 13.0. The lowest BCUT2D eigenvalue weighted by atomic mass is 10.2. The summed E-state index contributed by atoms with van der Waals surface area (Å²) < 4.78 is 5.90.